The molecule has 0 amide bonds. The molecule has 1 unspecified atom stereocenters. The largest absolute Gasteiger partial charge is 0.493 e. The Kier molecular flexibility index (Phi) is 5.65. The number of ether oxygens (including phenoxy) is 1. The van der Waals surface area contributed by atoms with Crippen LogP contribution in [0.15, 0.2) is 12.1 Å². The lowest BCUT2D eigenvalue weighted by atomic mass is 9.88. The van der Waals surface area contributed by atoms with Gasteiger partial charge in [-0.25, -0.2) is 0 Å². The van der Waals surface area contributed by atoms with Crippen LogP contribution in [0.5, 0.6) is 5.75 Å². The average molecular weight is 310 g/mol. The molecule has 0 aromatic heterocycles. The van der Waals surface area contributed by atoms with Gasteiger partial charge in [-0.1, -0.05) is 25.4 Å². The fourth-order valence-corrected chi connectivity index (χ4v) is 3.05. The number of hydrogen-bond acceptors (Lipinski definition) is 3. The quantitative estimate of drug-likeness (QED) is 0.834. The highest BCUT2D eigenvalue weighted by Crippen LogP contribution is 2.35. The van der Waals surface area contributed by atoms with Crippen molar-refractivity contribution in [3.63, 3.8) is 0 Å². The number of halogens is 1. The molecule has 1 aliphatic heterocycles. The zero-order valence-corrected chi connectivity index (χ0v) is 13.8. The molecule has 3 nitrogen and oxygen atoms in total. The number of carbonyl (C=O) groups is 1. The third-order valence-electron chi connectivity index (χ3n) is 3.93. The number of rotatable bonds is 5. The van der Waals surface area contributed by atoms with Gasteiger partial charge in [-0.2, -0.15) is 0 Å². The second-order valence-corrected chi connectivity index (χ2v) is 6.30. The minimum Gasteiger partial charge on any atom is -0.493 e. The number of carbonyl (C=O) groups excluding carboxylic acids is 1. The topological polar surface area (TPSA) is 38.3 Å². The first-order valence-electron chi connectivity index (χ1n) is 7.75. The molecule has 1 heterocycles. The molecule has 1 aromatic rings. The Morgan fingerprint density at radius 2 is 2.24 bits per heavy atom. The molecule has 0 radical (unpaired) electrons. The summed E-state index contributed by atoms with van der Waals surface area (Å²) in [5, 5.41) is 3.90. The Balaban J connectivity index is 2.42. The molecular formula is C17H24ClNO2. The zero-order chi connectivity index (χ0) is 15.4. The van der Waals surface area contributed by atoms with Crippen molar-refractivity contribution in [1.29, 1.82) is 0 Å². The third-order valence-corrected chi connectivity index (χ3v) is 4.14. The minimum atomic E-state index is 0.0245. The number of piperidine rings is 1. The Bertz CT molecular complexity index is 508. The van der Waals surface area contributed by atoms with Crippen molar-refractivity contribution in [1.82, 2.24) is 5.32 Å². The molecule has 0 bridgehead atoms. The lowest BCUT2D eigenvalue weighted by molar-refractivity contribution is 0.0895. The van der Waals surface area contributed by atoms with Crippen molar-refractivity contribution in [2.45, 2.75) is 39.5 Å². The normalized spacial score (nSPS) is 18.8. The maximum atomic E-state index is 12.8. The first-order valence-corrected chi connectivity index (χ1v) is 8.13. The summed E-state index contributed by atoms with van der Waals surface area (Å²) in [5.74, 6) is 1.15. The van der Waals surface area contributed by atoms with E-state index < -0.39 is 0 Å². The van der Waals surface area contributed by atoms with Gasteiger partial charge in [0.2, 0.25) is 0 Å². The number of nitrogens with one attached hydrogen (secondary N) is 1. The van der Waals surface area contributed by atoms with Gasteiger partial charge >= 0.3 is 0 Å². The first kappa shape index (κ1) is 16.3. The maximum absolute atomic E-state index is 12.8. The number of benzene rings is 1. The molecule has 0 aliphatic carbocycles. The van der Waals surface area contributed by atoms with Gasteiger partial charge in [0.25, 0.3) is 0 Å². The molecule has 1 atom stereocenters. The summed E-state index contributed by atoms with van der Waals surface area (Å²) >= 11 is 6.23. The van der Waals surface area contributed by atoms with Gasteiger partial charge in [0.05, 0.1) is 12.2 Å². The zero-order valence-electron chi connectivity index (χ0n) is 13.0. The van der Waals surface area contributed by atoms with Crippen LogP contribution in [0.3, 0.4) is 0 Å². The Hall–Kier alpha value is -1.06. The maximum Gasteiger partial charge on any atom is 0.170 e. The highest BCUT2D eigenvalue weighted by molar-refractivity contribution is 6.31. The first-order chi connectivity index (χ1) is 10.0. The van der Waals surface area contributed by atoms with Crippen molar-refractivity contribution in [3.8, 4) is 5.75 Å². The van der Waals surface area contributed by atoms with Crippen molar-refractivity contribution in [2.24, 2.45) is 5.92 Å². The standard InChI is InChI=1S/C17H24ClNO2/c1-4-21-17-14(11(2)3)8-13(18)9-15(17)16(20)12-6-5-7-19-10-12/h8-9,11-12,19H,4-7,10H2,1-3H3. The van der Waals surface area contributed by atoms with E-state index in [4.69, 9.17) is 16.3 Å². The van der Waals surface area contributed by atoms with E-state index in [-0.39, 0.29) is 17.6 Å². The van der Waals surface area contributed by atoms with Gasteiger partial charge < -0.3 is 10.1 Å². The van der Waals surface area contributed by atoms with E-state index in [1.165, 1.54) is 0 Å². The van der Waals surface area contributed by atoms with Gasteiger partial charge in [-0.15, -0.1) is 0 Å². The van der Waals surface area contributed by atoms with Crippen LogP contribution < -0.4 is 10.1 Å². The molecule has 1 saturated heterocycles. The van der Waals surface area contributed by atoms with Crippen LogP contribution in [-0.4, -0.2) is 25.5 Å². The van der Waals surface area contributed by atoms with E-state index >= 15 is 0 Å². The summed E-state index contributed by atoms with van der Waals surface area (Å²) in [7, 11) is 0. The number of hydrogen-bond donors (Lipinski definition) is 1. The second-order valence-electron chi connectivity index (χ2n) is 5.87. The van der Waals surface area contributed by atoms with Crippen LogP contribution in [0.1, 0.15) is 55.5 Å². The smallest absolute Gasteiger partial charge is 0.170 e. The Labute approximate surface area is 132 Å². The van der Waals surface area contributed by atoms with E-state index in [0.29, 0.717) is 22.9 Å². The predicted molar refractivity (Wildman–Crippen MR) is 86.6 cm³/mol. The highest BCUT2D eigenvalue weighted by Gasteiger charge is 2.27. The number of ketones is 1. The molecule has 1 aliphatic rings. The van der Waals surface area contributed by atoms with E-state index in [9.17, 15) is 4.79 Å². The third kappa shape index (κ3) is 3.78. The van der Waals surface area contributed by atoms with Crippen LogP contribution >= 0.6 is 11.6 Å². The van der Waals surface area contributed by atoms with E-state index in [2.05, 4.69) is 19.2 Å². The monoisotopic (exact) mass is 309 g/mol. The summed E-state index contributed by atoms with van der Waals surface area (Å²) < 4.78 is 5.80. The molecule has 1 fully saturated rings. The van der Waals surface area contributed by atoms with Crippen molar-refractivity contribution < 1.29 is 9.53 Å². The molecule has 1 aromatic carbocycles. The van der Waals surface area contributed by atoms with Crippen LogP contribution in [0, 0.1) is 5.92 Å². The lowest BCUT2D eigenvalue weighted by Gasteiger charge is -2.24. The molecule has 1 N–H and O–H groups in total. The Morgan fingerprint density at radius 3 is 2.81 bits per heavy atom. The van der Waals surface area contributed by atoms with Crippen LogP contribution in [0.4, 0.5) is 0 Å². The van der Waals surface area contributed by atoms with Gasteiger partial charge in [0.15, 0.2) is 5.78 Å². The van der Waals surface area contributed by atoms with E-state index in [0.717, 1.165) is 31.5 Å². The van der Waals surface area contributed by atoms with Gasteiger partial charge in [0, 0.05) is 17.5 Å². The van der Waals surface area contributed by atoms with E-state index in [1.54, 1.807) is 6.07 Å². The fraction of sp³-hybridized carbons (Fsp3) is 0.588. The Morgan fingerprint density at radius 1 is 1.48 bits per heavy atom. The lowest BCUT2D eigenvalue weighted by Crippen LogP contribution is -2.34. The van der Waals surface area contributed by atoms with Crippen molar-refractivity contribution >= 4 is 17.4 Å². The average Bonchev–Trinajstić information content (AvgIpc) is 2.48. The van der Waals surface area contributed by atoms with Crippen LogP contribution in [0.25, 0.3) is 0 Å². The fourth-order valence-electron chi connectivity index (χ4n) is 2.83. The molecular weight excluding hydrogens is 286 g/mol. The van der Waals surface area contributed by atoms with Crippen LogP contribution in [-0.2, 0) is 0 Å². The molecule has 4 heteroatoms. The molecule has 21 heavy (non-hydrogen) atoms. The summed E-state index contributed by atoms with van der Waals surface area (Å²) in [5.41, 5.74) is 1.65. The summed E-state index contributed by atoms with van der Waals surface area (Å²) in [6, 6.07) is 3.67. The highest BCUT2D eigenvalue weighted by atomic mass is 35.5. The minimum absolute atomic E-state index is 0.0245. The molecule has 2 rings (SSSR count). The number of Topliss-reactive ketones (excluding diaryl/α,β-unsaturated/α-hetero) is 1. The molecule has 0 spiro atoms. The SMILES string of the molecule is CCOc1c(C(=O)C2CCCNC2)cc(Cl)cc1C(C)C. The predicted octanol–water partition coefficient (Wildman–Crippen LogP) is 4.04. The van der Waals surface area contributed by atoms with Crippen molar-refractivity contribution in [2.75, 3.05) is 19.7 Å². The second kappa shape index (κ2) is 7.28. The van der Waals surface area contributed by atoms with Gasteiger partial charge in [0.1, 0.15) is 5.75 Å². The van der Waals surface area contributed by atoms with Crippen molar-refractivity contribution in [3.05, 3.63) is 28.3 Å². The van der Waals surface area contributed by atoms with Crippen LogP contribution in [0.2, 0.25) is 5.02 Å². The van der Waals surface area contributed by atoms with Gasteiger partial charge in [-0.3, -0.25) is 4.79 Å². The molecule has 116 valence electrons. The van der Waals surface area contributed by atoms with E-state index in [1.807, 2.05) is 13.0 Å². The van der Waals surface area contributed by atoms with Gasteiger partial charge in [-0.05, 0) is 49.9 Å². The summed E-state index contributed by atoms with van der Waals surface area (Å²) in [6.45, 7) is 8.40. The summed E-state index contributed by atoms with van der Waals surface area (Å²) in [6.07, 6.45) is 1.97. The summed E-state index contributed by atoms with van der Waals surface area (Å²) in [4.78, 5) is 12.8. The molecule has 0 saturated carbocycles.